The second-order valence-corrected chi connectivity index (χ2v) is 6.54. The van der Waals surface area contributed by atoms with E-state index in [1.807, 2.05) is 54.3 Å². The van der Waals surface area contributed by atoms with Crippen LogP contribution in [0.5, 0.6) is 5.75 Å². The van der Waals surface area contributed by atoms with E-state index in [0.717, 1.165) is 23.6 Å². The molecular weight excluding hydrogens is 318 g/mol. The van der Waals surface area contributed by atoms with Crippen LogP contribution < -0.4 is 4.74 Å². The SMILES string of the molecule is CCCN(Cc1ccccc1)C(=O)CSc1ccc(OCC)cc1. The molecule has 0 aliphatic carbocycles. The fourth-order valence-corrected chi connectivity index (χ4v) is 3.20. The number of ether oxygens (including phenoxy) is 1. The Kier molecular flexibility index (Phi) is 7.69. The van der Waals surface area contributed by atoms with Crippen molar-refractivity contribution in [3.8, 4) is 5.75 Å². The maximum Gasteiger partial charge on any atom is 0.233 e. The van der Waals surface area contributed by atoms with E-state index in [2.05, 4.69) is 19.1 Å². The minimum absolute atomic E-state index is 0.180. The summed E-state index contributed by atoms with van der Waals surface area (Å²) in [5.74, 6) is 1.50. The topological polar surface area (TPSA) is 29.5 Å². The van der Waals surface area contributed by atoms with Crippen LogP contribution in [0.3, 0.4) is 0 Å². The molecule has 4 heteroatoms. The molecule has 0 radical (unpaired) electrons. The van der Waals surface area contributed by atoms with E-state index < -0.39 is 0 Å². The molecule has 0 saturated heterocycles. The van der Waals surface area contributed by atoms with Gasteiger partial charge < -0.3 is 9.64 Å². The Bertz CT molecular complexity index is 613. The minimum Gasteiger partial charge on any atom is -0.494 e. The number of carbonyl (C=O) groups excluding carboxylic acids is 1. The molecule has 3 nitrogen and oxygen atoms in total. The zero-order valence-corrected chi connectivity index (χ0v) is 15.2. The minimum atomic E-state index is 0.180. The van der Waals surface area contributed by atoms with Gasteiger partial charge in [-0.05, 0) is 43.2 Å². The molecule has 2 aromatic carbocycles. The summed E-state index contributed by atoms with van der Waals surface area (Å²) in [6.45, 7) is 6.20. The first-order chi connectivity index (χ1) is 11.7. The number of hydrogen-bond donors (Lipinski definition) is 0. The predicted molar refractivity (Wildman–Crippen MR) is 100 cm³/mol. The molecule has 1 amide bonds. The van der Waals surface area contributed by atoms with Gasteiger partial charge in [0.1, 0.15) is 5.75 Å². The van der Waals surface area contributed by atoms with Crippen molar-refractivity contribution in [1.82, 2.24) is 4.90 Å². The lowest BCUT2D eigenvalue weighted by molar-refractivity contribution is -0.129. The van der Waals surface area contributed by atoms with E-state index in [1.165, 1.54) is 5.56 Å². The molecule has 0 unspecified atom stereocenters. The summed E-state index contributed by atoms with van der Waals surface area (Å²) in [5.41, 5.74) is 1.17. The van der Waals surface area contributed by atoms with Gasteiger partial charge in [0, 0.05) is 18.0 Å². The number of benzene rings is 2. The van der Waals surface area contributed by atoms with Crippen molar-refractivity contribution in [2.24, 2.45) is 0 Å². The van der Waals surface area contributed by atoms with Gasteiger partial charge in [0.25, 0.3) is 0 Å². The summed E-state index contributed by atoms with van der Waals surface area (Å²) in [6.07, 6.45) is 0.965. The zero-order chi connectivity index (χ0) is 17.2. The molecule has 0 N–H and O–H groups in total. The molecule has 24 heavy (non-hydrogen) atoms. The standard InChI is InChI=1S/C20H25NO2S/c1-3-14-21(15-17-8-6-5-7-9-17)20(22)16-24-19-12-10-18(11-13-19)23-4-2/h5-13H,3-4,14-16H2,1-2H3. The van der Waals surface area contributed by atoms with Gasteiger partial charge in [-0.25, -0.2) is 0 Å². The van der Waals surface area contributed by atoms with Crippen LogP contribution in [0, 0.1) is 0 Å². The van der Waals surface area contributed by atoms with Gasteiger partial charge in [-0.3, -0.25) is 4.79 Å². The molecule has 2 rings (SSSR count). The Morgan fingerprint density at radius 1 is 1.04 bits per heavy atom. The van der Waals surface area contributed by atoms with Crippen molar-refractivity contribution in [3.63, 3.8) is 0 Å². The molecule has 0 aromatic heterocycles. The second-order valence-electron chi connectivity index (χ2n) is 5.49. The molecule has 0 aliphatic heterocycles. The van der Waals surface area contributed by atoms with E-state index in [1.54, 1.807) is 11.8 Å². The third-order valence-electron chi connectivity index (χ3n) is 3.56. The lowest BCUT2D eigenvalue weighted by Gasteiger charge is -2.22. The maximum absolute atomic E-state index is 12.6. The first kappa shape index (κ1) is 18.4. The smallest absolute Gasteiger partial charge is 0.233 e. The van der Waals surface area contributed by atoms with Crippen molar-refractivity contribution >= 4 is 17.7 Å². The van der Waals surface area contributed by atoms with Gasteiger partial charge in [-0.15, -0.1) is 11.8 Å². The molecule has 0 aliphatic rings. The van der Waals surface area contributed by atoms with Crippen LogP contribution >= 0.6 is 11.8 Å². The maximum atomic E-state index is 12.6. The third-order valence-corrected chi connectivity index (χ3v) is 4.56. The number of thioether (sulfide) groups is 1. The van der Waals surface area contributed by atoms with Crippen molar-refractivity contribution in [2.75, 3.05) is 18.9 Å². The second kappa shape index (κ2) is 10.0. The normalized spacial score (nSPS) is 10.4. The van der Waals surface area contributed by atoms with Gasteiger partial charge in [0.05, 0.1) is 12.4 Å². The van der Waals surface area contributed by atoms with Crippen LogP contribution in [-0.4, -0.2) is 29.7 Å². The van der Waals surface area contributed by atoms with E-state index in [9.17, 15) is 4.79 Å². The van der Waals surface area contributed by atoms with Crippen LogP contribution in [0.1, 0.15) is 25.8 Å². The molecular formula is C20H25NO2S. The average Bonchev–Trinajstić information content (AvgIpc) is 2.62. The molecule has 128 valence electrons. The van der Waals surface area contributed by atoms with E-state index in [4.69, 9.17) is 4.74 Å². The fraction of sp³-hybridized carbons (Fsp3) is 0.350. The van der Waals surface area contributed by atoms with Crippen LogP contribution in [-0.2, 0) is 11.3 Å². The van der Waals surface area contributed by atoms with Crippen LogP contribution in [0.25, 0.3) is 0 Å². The van der Waals surface area contributed by atoms with E-state index in [-0.39, 0.29) is 5.91 Å². The highest BCUT2D eigenvalue weighted by Gasteiger charge is 2.13. The number of rotatable bonds is 9. The summed E-state index contributed by atoms with van der Waals surface area (Å²) >= 11 is 1.57. The van der Waals surface area contributed by atoms with Crippen molar-refractivity contribution in [1.29, 1.82) is 0 Å². The Balaban J connectivity index is 1.90. The number of hydrogen-bond acceptors (Lipinski definition) is 3. The quantitative estimate of drug-likeness (QED) is 0.622. The molecule has 0 heterocycles. The molecule has 0 spiro atoms. The lowest BCUT2D eigenvalue weighted by Crippen LogP contribution is -2.32. The van der Waals surface area contributed by atoms with E-state index in [0.29, 0.717) is 18.9 Å². The summed E-state index contributed by atoms with van der Waals surface area (Å²) in [6, 6.07) is 18.1. The summed E-state index contributed by atoms with van der Waals surface area (Å²) in [7, 11) is 0. The molecule has 2 aromatic rings. The van der Waals surface area contributed by atoms with Gasteiger partial charge in [0.2, 0.25) is 5.91 Å². The summed E-state index contributed by atoms with van der Waals surface area (Å²) in [4.78, 5) is 15.6. The third kappa shape index (κ3) is 5.93. The van der Waals surface area contributed by atoms with Gasteiger partial charge in [0.15, 0.2) is 0 Å². The first-order valence-corrected chi connectivity index (χ1v) is 9.38. The summed E-state index contributed by atoms with van der Waals surface area (Å²) in [5, 5.41) is 0. The molecule has 0 fully saturated rings. The monoisotopic (exact) mass is 343 g/mol. The van der Waals surface area contributed by atoms with Crippen LogP contribution in [0.15, 0.2) is 59.5 Å². The highest BCUT2D eigenvalue weighted by atomic mass is 32.2. The van der Waals surface area contributed by atoms with Crippen molar-refractivity contribution < 1.29 is 9.53 Å². The molecule has 0 atom stereocenters. The highest BCUT2D eigenvalue weighted by molar-refractivity contribution is 8.00. The van der Waals surface area contributed by atoms with Gasteiger partial charge >= 0.3 is 0 Å². The van der Waals surface area contributed by atoms with E-state index >= 15 is 0 Å². The van der Waals surface area contributed by atoms with Gasteiger partial charge in [-0.1, -0.05) is 37.3 Å². The van der Waals surface area contributed by atoms with Crippen LogP contribution in [0.4, 0.5) is 0 Å². The largest absolute Gasteiger partial charge is 0.494 e. The molecule has 0 saturated carbocycles. The summed E-state index contributed by atoms with van der Waals surface area (Å²) < 4.78 is 5.44. The Morgan fingerprint density at radius 3 is 2.38 bits per heavy atom. The molecule has 0 bridgehead atoms. The first-order valence-electron chi connectivity index (χ1n) is 8.40. The van der Waals surface area contributed by atoms with Crippen molar-refractivity contribution in [3.05, 3.63) is 60.2 Å². The zero-order valence-electron chi connectivity index (χ0n) is 14.4. The lowest BCUT2D eigenvalue weighted by atomic mass is 10.2. The average molecular weight is 343 g/mol. The van der Waals surface area contributed by atoms with Crippen molar-refractivity contribution in [2.45, 2.75) is 31.7 Å². The van der Waals surface area contributed by atoms with Gasteiger partial charge in [-0.2, -0.15) is 0 Å². The predicted octanol–water partition coefficient (Wildman–Crippen LogP) is 4.62. The number of carbonyl (C=O) groups is 1. The Morgan fingerprint density at radius 2 is 1.75 bits per heavy atom. The Hall–Kier alpha value is -1.94. The Labute approximate surface area is 149 Å². The fourth-order valence-electron chi connectivity index (χ4n) is 2.40. The number of amides is 1. The number of nitrogens with zero attached hydrogens (tertiary/aromatic N) is 1. The van der Waals surface area contributed by atoms with Crippen LogP contribution in [0.2, 0.25) is 0 Å². The highest BCUT2D eigenvalue weighted by Crippen LogP contribution is 2.22.